The second kappa shape index (κ2) is 5.52. The van der Waals surface area contributed by atoms with Gasteiger partial charge in [-0.15, -0.1) is 0 Å². The summed E-state index contributed by atoms with van der Waals surface area (Å²) in [6.45, 7) is 5.93. The predicted octanol–water partition coefficient (Wildman–Crippen LogP) is 2.02. The quantitative estimate of drug-likeness (QED) is 0.810. The van der Waals surface area contributed by atoms with E-state index in [1.807, 2.05) is 0 Å². The summed E-state index contributed by atoms with van der Waals surface area (Å²) in [6, 6.07) is -0.745. The molecule has 5 nitrogen and oxygen atoms in total. The van der Waals surface area contributed by atoms with Gasteiger partial charge < -0.3 is 10.1 Å². The van der Waals surface area contributed by atoms with Crippen molar-refractivity contribution < 1.29 is 14.3 Å². The lowest BCUT2D eigenvalue weighted by Crippen LogP contribution is -2.55. The van der Waals surface area contributed by atoms with Gasteiger partial charge in [-0.05, 0) is 45.6 Å². The van der Waals surface area contributed by atoms with E-state index in [0.29, 0.717) is 17.3 Å². The number of amides is 2. The maximum Gasteiger partial charge on any atom is 0.411 e. The molecule has 1 unspecified atom stereocenters. The zero-order valence-corrected chi connectivity index (χ0v) is 12.8. The van der Waals surface area contributed by atoms with E-state index in [9.17, 15) is 9.59 Å². The van der Waals surface area contributed by atoms with Crippen LogP contribution >= 0.6 is 12.2 Å². The minimum absolute atomic E-state index is 0.274. The molecule has 0 aromatic carbocycles. The minimum Gasteiger partial charge on any atom is -0.444 e. The summed E-state index contributed by atoms with van der Waals surface area (Å²) in [5.41, 5.74) is -0.596. The molecule has 1 heterocycles. The van der Waals surface area contributed by atoms with Gasteiger partial charge in [-0.3, -0.25) is 9.69 Å². The van der Waals surface area contributed by atoms with E-state index in [2.05, 4.69) is 5.32 Å². The number of nitrogens with one attached hydrogen (secondary N) is 1. The van der Waals surface area contributed by atoms with Gasteiger partial charge in [-0.2, -0.15) is 0 Å². The fourth-order valence-electron chi connectivity index (χ4n) is 1.98. The third-order valence-electron chi connectivity index (χ3n) is 3.08. The van der Waals surface area contributed by atoms with Crippen molar-refractivity contribution in [1.82, 2.24) is 10.2 Å². The van der Waals surface area contributed by atoms with Crippen LogP contribution < -0.4 is 5.32 Å². The zero-order valence-electron chi connectivity index (χ0n) is 12.0. The lowest BCUT2D eigenvalue weighted by molar-refractivity contribution is -0.123. The van der Waals surface area contributed by atoms with Crippen LogP contribution in [0.1, 0.15) is 33.6 Å². The highest BCUT2D eigenvalue weighted by Crippen LogP contribution is 2.31. The van der Waals surface area contributed by atoms with Gasteiger partial charge in [0.25, 0.3) is 5.91 Å². The van der Waals surface area contributed by atoms with Gasteiger partial charge in [0.1, 0.15) is 11.6 Å². The molecule has 2 amide bonds. The number of carbonyl (C=O) groups excluding carboxylic acids is 2. The third-order valence-corrected chi connectivity index (χ3v) is 3.44. The van der Waals surface area contributed by atoms with E-state index < -0.39 is 17.7 Å². The molecule has 1 aliphatic carbocycles. The number of rotatable bonds is 3. The van der Waals surface area contributed by atoms with Crippen molar-refractivity contribution in [2.75, 3.05) is 6.54 Å². The fourth-order valence-corrected chi connectivity index (χ4v) is 2.29. The van der Waals surface area contributed by atoms with E-state index in [1.165, 1.54) is 11.1 Å². The molecule has 110 valence electrons. The van der Waals surface area contributed by atoms with Gasteiger partial charge in [0.2, 0.25) is 0 Å². The molecule has 0 spiro atoms. The van der Waals surface area contributed by atoms with Gasteiger partial charge in [0, 0.05) is 17.6 Å². The molecular weight excluding hydrogens is 276 g/mol. The summed E-state index contributed by atoms with van der Waals surface area (Å²) in [4.78, 5) is 26.3. The molecule has 1 atom stereocenters. The number of hydrogen-bond acceptors (Lipinski definition) is 4. The molecule has 0 saturated heterocycles. The normalized spacial score (nSPS) is 22.4. The summed E-state index contributed by atoms with van der Waals surface area (Å²) < 4.78 is 5.40. The molecule has 1 saturated carbocycles. The Morgan fingerprint density at radius 3 is 2.65 bits per heavy atom. The van der Waals surface area contributed by atoms with Crippen molar-refractivity contribution in [3.8, 4) is 0 Å². The van der Waals surface area contributed by atoms with Crippen molar-refractivity contribution in [3.63, 3.8) is 0 Å². The highest BCUT2D eigenvalue weighted by atomic mass is 32.1. The van der Waals surface area contributed by atoms with Crippen molar-refractivity contribution >= 4 is 29.1 Å². The van der Waals surface area contributed by atoms with Crippen LogP contribution in [-0.2, 0) is 9.53 Å². The first-order valence-corrected chi connectivity index (χ1v) is 7.19. The van der Waals surface area contributed by atoms with Crippen LogP contribution in [0.25, 0.3) is 0 Å². The van der Waals surface area contributed by atoms with Crippen molar-refractivity contribution in [2.45, 2.75) is 45.3 Å². The number of hydrogen-bond donors (Lipinski definition) is 1. The third kappa shape index (κ3) is 3.79. The molecule has 1 fully saturated rings. The predicted molar refractivity (Wildman–Crippen MR) is 79.3 cm³/mol. The first-order valence-electron chi connectivity index (χ1n) is 6.78. The molecule has 0 aromatic rings. The van der Waals surface area contributed by atoms with Crippen LogP contribution in [0.15, 0.2) is 12.3 Å². The summed E-state index contributed by atoms with van der Waals surface area (Å²) in [7, 11) is 0. The highest BCUT2D eigenvalue weighted by Gasteiger charge is 2.39. The SMILES string of the molecule is CC(C)(C)OC(=O)N(CC1CC1)C1C(=O)NC=CC1=S. The molecule has 0 bridgehead atoms. The summed E-state index contributed by atoms with van der Waals surface area (Å²) in [6.07, 6.45) is 4.83. The molecule has 1 N–H and O–H groups in total. The van der Waals surface area contributed by atoms with E-state index >= 15 is 0 Å². The standard InChI is InChI=1S/C14H20N2O3S/c1-14(2,3)19-13(18)16(8-9-4-5-9)11-10(20)6-7-15-12(11)17/h6-7,9,11H,4-5,8H2,1-3H3,(H,15,17). The lowest BCUT2D eigenvalue weighted by atomic mass is 10.1. The largest absolute Gasteiger partial charge is 0.444 e. The second-order valence-electron chi connectivity index (χ2n) is 6.22. The average molecular weight is 296 g/mol. The smallest absolute Gasteiger partial charge is 0.411 e. The second-order valence-corrected chi connectivity index (χ2v) is 6.69. The van der Waals surface area contributed by atoms with Crippen LogP contribution in [0.3, 0.4) is 0 Å². The van der Waals surface area contributed by atoms with Crippen molar-refractivity contribution in [2.24, 2.45) is 5.92 Å². The first-order chi connectivity index (χ1) is 9.28. The first kappa shape index (κ1) is 15.0. The molecule has 2 rings (SSSR count). The highest BCUT2D eigenvalue weighted by molar-refractivity contribution is 7.81. The maximum atomic E-state index is 12.4. The Hall–Kier alpha value is -1.43. The summed E-state index contributed by atoms with van der Waals surface area (Å²) in [5, 5.41) is 2.60. The monoisotopic (exact) mass is 296 g/mol. The van der Waals surface area contributed by atoms with Crippen molar-refractivity contribution in [1.29, 1.82) is 0 Å². The zero-order chi connectivity index (χ0) is 14.9. The maximum absolute atomic E-state index is 12.4. The van der Waals surface area contributed by atoms with Crippen molar-refractivity contribution in [3.05, 3.63) is 12.3 Å². The van der Waals surface area contributed by atoms with E-state index in [0.717, 1.165) is 12.8 Å². The number of carbonyl (C=O) groups is 2. The Morgan fingerprint density at radius 1 is 1.50 bits per heavy atom. The van der Waals surface area contributed by atoms with Gasteiger partial charge in [0.05, 0.1) is 0 Å². The topological polar surface area (TPSA) is 58.6 Å². The Kier molecular flexibility index (Phi) is 4.13. The molecule has 20 heavy (non-hydrogen) atoms. The summed E-state index contributed by atoms with van der Waals surface area (Å²) >= 11 is 5.22. The van der Waals surface area contributed by atoms with Gasteiger partial charge in [0.15, 0.2) is 0 Å². The number of nitrogens with zero attached hydrogens (tertiary/aromatic N) is 1. The van der Waals surface area contributed by atoms with E-state index in [-0.39, 0.29) is 5.91 Å². The minimum atomic E-state index is -0.745. The number of ether oxygens (including phenoxy) is 1. The summed E-state index contributed by atoms with van der Waals surface area (Å²) in [5.74, 6) is 0.174. The van der Waals surface area contributed by atoms with E-state index in [1.54, 1.807) is 26.8 Å². The lowest BCUT2D eigenvalue weighted by Gasteiger charge is -2.33. The van der Waals surface area contributed by atoms with Crippen LogP contribution in [0, 0.1) is 5.92 Å². The Balaban J connectivity index is 2.17. The molecule has 2 aliphatic rings. The fraction of sp³-hybridized carbons (Fsp3) is 0.643. The molecule has 0 aromatic heterocycles. The van der Waals surface area contributed by atoms with Gasteiger partial charge >= 0.3 is 6.09 Å². The molecular formula is C14H20N2O3S. The Bertz CT molecular complexity index is 464. The molecule has 1 aliphatic heterocycles. The molecule has 0 radical (unpaired) electrons. The Morgan fingerprint density at radius 2 is 2.15 bits per heavy atom. The van der Waals surface area contributed by atoms with Crippen LogP contribution in [0.2, 0.25) is 0 Å². The van der Waals surface area contributed by atoms with Crippen LogP contribution in [-0.4, -0.2) is 40.0 Å². The Labute approximate surface area is 124 Å². The van der Waals surface area contributed by atoms with Crippen LogP contribution in [0.5, 0.6) is 0 Å². The van der Waals surface area contributed by atoms with Gasteiger partial charge in [-0.25, -0.2) is 4.79 Å². The van der Waals surface area contributed by atoms with E-state index in [4.69, 9.17) is 17.0 Å². The van der Waals surface area contributed by atoms with Crippen LogP contribution in [0.4, 0.5) is 4.79 Å². The number of thiocarbonyl (C=S) groups is 1. The van der Waals surface area contributed by atoms with Gasteiger partial charge in [-0.1, -0.05) is 12.2 Å². The average Bonchev–Trinajstić information content (AvgIpc) is 3.08. The molecule has 6 heteroatoms.